The summed E-state index contributed by atoms with van der Waals surface area (Å²) in [7, 11) is 0. The van der Waals surface area contributed by atoms with Crippen molar-refractivity contribution < 1.29 is 4.79 Å². The number of aryl methyl sites for hydroxylation is 2. The lowest BCUT2D eigenvalue weighted by Gasteiger charge is -2.22. The molecule has 1 amide bonds. The second kappa shape index (κ2) is 5.31. The summed E-state index contributed by atoms with van der Waals surface area (Å²) < 4.78 is 1.71. The molecule has 0 unspecified atom stereocenters. The second-order valence-electron chi connectivity index (χ2n) is 5.04. The number of hydrogen-bond donors (Lipinski definition) is 2. The molecule has 96 valence electrons. The molecule has 0 fully saturated rings. The normalized spacial score (nSPS) is 11.6. The van der Waals surface area contributed by atoms with Gasteiger partial charge < -0.3 is 11.1 Å². The molecule has 0 atom stereocenters. The highest BCUT2D eigenvalue weighted by molar-refractivity contribution is 5.92. The molecule has 0 aromatic carbocycles. The van der Waals surface area contributed by atoms with Crippen molar-refractivity contribution >= 4 is 5.91 Å². The number of nitrogens with zero attached hydrogens (tertiary/aromatic N) is 2. The van der Waals surface area contributed by atoms with E-state index in [1.807, 2.05) is 27.7 Å². The zero-order valence-electron chi connectivity index (χ0n) is 11.1. The molecular formula is C12H22N4O. The van der Waals surface area contributed by atoms with Gasteiger partial charge in [0.2, 0.25) is 0 Å². The first-order chi connectivity index (χ1) is 7.89. The predicted octanol–water partition coefficient (Wildman–Crippen LogP) is 0.926. The van der Waals surface area contributed by atoms with Crippen LogP contribution in [-0.4, -0.2) is 28.8 Å². The molecule has 0 saturated carbocycles. The predicted molar refractivity (Wildman–Crippen MR) is 67.8 cm³/mol. The van der Waals surface area contributed by atoms with Crippen molar-refractivity contribution in [2.75, 3.05) is 13.1 Å². The Morgan fingerprint density at radius 3 is 2.76 bits per heavy atom. The van der Waals surface area contributed by atoms with Crippen LogP contribution in [0.1, 0.15) is 37.0 Å². The molecule has 0 radical (unpaired) electrons. The van der Waals surface area contributed by atoms with Crippen LogP contribution in [0.25, 0.3) is 0 Å². The van der Waals surface area contributed by atoms with E-state index in [0.29, 0.717) is 25.3 Å². The summed E-state index contributed by atoms with van der Waals surface area (Å²) in [5.74, 6) is -0.0889. The number of amides is 1. The molecule has 0 bridgehead atoms. The Labute approximate surface area is 102 Å². The Morgan fingerprint density at radius 2 is 2.24 bits per heavy atom. The number of hydrogen-bond acceptors (Lipinski definition) is 3. The van der Waals surface area contributed by atoms with Crippen LogP contribution in [0.5, 0.6) is 0 Å². The van der Waals surface area contributed by atoms with Crippen LogP contribution in [0.4, 0.5) is 0 Å². The third-order valence-electron chi connectivity index (χ3n) is 2.71. The highest BCUT2D eigenvalue weighted by Gasteiger charge is 2.19. The standard InChI is InChI=1S/C12H22N4O/c1-5-16-10(6-9(2)15-16)11(17)14-8-12(3,4)7-13/h6H,5,7-8,13H2,1-4H3,(H,14,17). The first kappa shape index (κ1) is 13.7. The molecular weight excluding hydrogens is 216 g/mol. The Hall–Kier alpha value is -1.36. The van der Waals surface area contributed by atoms with Gasteiger partial charge in [0.15, 0.2) is 0 Å². The molecule has 1 aromatic rings. The van der Waals surface area contributed by atoms with Crippen LogP contribution >= 0.6 is 0 Å². The van der Waals surface area contributed by atoms with Gasteiger partial charge in [0.05, 0.1) is 5.69 Å². The highest BCUT2D eigenvalue weighted by atomic mass is 16.2. The van der Waals surface area contributed by atoms with E-state index >= 15 is 0 Å². The lowest BCUT2D eigenvalue weighted by atomic mass is 9.94. The van der Waals surface area contributed by atoms with Crippen molar-refractivity contribution in [1.29, 1.82) is 0 Å². The molecule has 1 heterocycles. The largest absolute Gasteiger partial charge is 0.350 e. The third-order valence-corrected chi connectivity index (χ3v) is 2.71. The van der Waals surface area contributed by atoms with E-state index in [2.05, 4.69) is 10.4 Å². The number of nitrogens with one attached hydrogen (secondary N) is 1. The van der Waals surface area contributed by atoms with Gasteiger partial charge in [0, 0.05) is 13.1 Å². The zero-order chi connectivity index (χ0) is 13.1. The van der Waals surface area contributed by atoms with Crippen LogP contribution in [-0.2, 0) is 6.54 Å². The van der Waals surface area contributed by atoms with Crippen molar-refractivity contribution in [3.63, 3.8) is 0 Å². The maximum absolute atomic E-state index is 12.0. The van der Waals surface area contributed by atoms with Crippen LogP contribution in [0.3, 0.4) is 0 Å². The summed E-state index contributed by atoms with van der Waals surface area (Å²) in [6.45, 7) is 9.69. The van der Waals surface area contributed by atoms with E-state index in [9.17, 15) is 4.79 Å². The van der Waals surface area contributed by atoms with E-state index < -0.39 is 0 Å². The lowest BCUT2D eigenvalue weighted by Crippen LogP contribution is -2.39. The van der Waals surface area contributed by atoms with Crippen molar-refractivity contribution in [3.05, 3.63) is 17.5 Å². The summed E-state index contributed by atoms with van der Waals surface area (Å²) >= 11 is 0. The monoisotopic (exact) mass is 238 g/mol. The number of nitrogens with two attached hydrogens (primary N) is 1. The molecule has 0 saturated heterocycles. The van der Waals surface area contributed by atoms with Gasteiger partial charge in [-0.15, -0.1) is 0 Å². The summed E-state index contributed by atoms with van der Waals surface area (Å²) in [6.07, 6.45) is 0. The average molecular weight is 238 g/mol. The molecule has 1 rings (SSSR count). The van der Waals surface area contributed by atoms with Gasteiger partial charge in [-0.05, 0) is 31.9 Å². The molecule has 5 heteroatoms. The van der Waals surface area contributed by atoms with Crippen molar-refractivity contribution in [2.45, 2.75) is 34.2 Å². The van der Waals surface area contributed by atoms with Gasteiger partial charge in [-0.1, -0.05) is 13.8 Å². The summed E-state index contributed by atoms with van der Waals surface area (Å²) in [5.41, 5.74) is 7.01. The molecule has 0 aliphatic rings. The summed E-state index contributed by atoms with van der Waals surface area (Å²) in [6, 6.07) is 1.80. The minimum absolute atomic E-state index is 0.0816. The Morgan fingerprint density at radius 1 is 1.59 bits per heavy atom. The fraction of sp³-hybridized carbons (Fsp3) is 0.667. The lowest BCUT2D eigenvalue weighted by molar-refractivity contribution is 0.0927. The maximum Gasteiger partial charge on any atom is 0.269 e. The van der Waals surface area contributed by atoms with Crippen LogP contribution in [0.2, 0.25) is 0 Å². The molecule has 0 aliphatic carbocycles. The zero-order valence-corrected chi connectivity index (χ0v) is 11.1. The number of carbonyl (C=O) groups is 1. The highest BCUT2D eigenvalue weighted by Crippen LogP contribution is 2.11. The first-order valence-corrected chi connectivity index (χ1v) is 5.92. The SMILES string of the molecule is CCn1nc(C)cc1C(=O)NCC(C)(C)CN. The Kier molecular flexibility index (Phi) is 4.28. The third kappa shape index (κ3) is 3.56. The van der Waals surface area contributed by atoms with Crippen molar-refractivity contribution in [1.82, 2.24) is 15.1 Å². The number of rotatable bonds is 5. The van der Waals surface area contributed by atoms with Crippen LogP contribution in [0, 0.1) is 12.3 Å². The average Bonchev–Trinajstić information content (AvgIpc) is 2.67. The maximum atomic E-state index is 12.0. The van der Waals surface area contributed by atoms with Crippen molar-refractivity contribution in [3.8, 4) is 0 Å². The summed E-state index contributed by atoms with van der Waals surface area (Å²) in [4.78, 5) is 12.0. The van der Waals surface area contributed by atoms with E-state index in [4.69, 9.17) is 5.73 Å². The Balaban J connectivity index is 2.70. The molecule has 0 aliphatic heterocycles. The van der Waals surface area contributed by atoms with Gasteiger partial charge in [0.1, 0.15) is 5.69 Å². The van der Waals surface area contributed by atoms with Crippen LogP contribution in [0.15, 0.2) is 6.07 Å². The second-order valence-corrected chi connectivity index (χ2v) is 5.04. The van der Waals surface area contributed by atoms with Gasteiger partial charge >= 0.3 is 0 Å². The topological polar surface area (TPSA) is 72.9 Å². The number of aromatic nitrogens is 2. The van der Waals surface area contributed by atoms with E-state index in [0.717, 1.165) is 5.69 Å². The number of carbonyl (C=O) groups excluding carboxylic acids is 1. The smallest absolute Gasteiger partial charge is 0.269 e. The van der Waals surface area contributed by atoms with E-state index in [1.165, 1.54) is 0 Å². The minimum Gasteiger partial charge on any atom is -0.350 e. The van der Waals surface area contributed by atoms with Crippen molar-refractivity contribution in [2.24, 2.45) is 11.1 Å². The fourth-order valence-corrected chi connectivity index (χ4v) is 1.45. The van der Waals surface area contributed by atoms with E-state index in [-0.39, 0.29) is 11.3 Å². The van der Waals surface area contributed by atoms with Crippen LogP contribution < -0.4 is 11.1 Å². The Bertz CT molecular complexity index is 395. The van der Waals surface area contributed by atoms with Gasteiger partial charge in [-0.25, -0.2) is 0 Å². The molecule has 1 aromatic heterocycles. The molecule has 3 N–H and O–H groups in total. The van der Waals surface area contributed by atoms with E-state index in [1.54, 1.807) is 10.7 Å². The minimum atomic E-state index is -0.0889. The van der Waals surface area contributed by atoms with Gasteiger partial charge in [-0.3, -0.25) is 9.48 Å². The van der Waals surface area contributed by atoms with Gasteiger partial charge in [0.25, 0.3) is 5.91 Å². The molecule has 17 heavy (non-hydrogen) atoms. The fourth-order valence-electron chi connectivity index (χ4n) is 1.45. The molecule has 5 nitrogen and oxygen atoms in total. The quantitative estimate of drug-likeness (QED) is 0.801. The molecule has 0 spiro atoms. The first-order valence-electron chi connectivity index (χ1n) is 5.92. The van der Waals surface area contributed by atoms with Gasteiger partial charge in [-0.2, -0.15) is 5.10 Å². The summed E-state index contributed by atoms with van der Waals surface area (Å²) in [5, 5.41) is 7.14.